The first-order chi connectivity index (χ1) is 8.70. The van der Waals surface area contributed by atoms with Gasteiger partial charge in [0, 0.05) is 26.0 Å². The van der Waals surface area contributed by atoms with Crippen molar-refractivity contribution in [2.75, 3.05) is 13.6 Å². The first-order valence-electron chi connectivity index (χ1n) is 5.95. The number of hydrogen-bond donors (Lipinski definition) is 2. The topological polar surface area (TPSA) is 54.2 Å². The van der Waals surface area contributed by atoms with E-state index in [2.05, 4.69) is 20.6 Å². The number of aliphatic imine (C=N–C) groups is 1. The van der Waals surface area contributed by atoms with Crippen molar-refractivity contribution < 1.29 is 8.78 Å². The van der Waals surface area contributed by atoms with Gasteiger partial charge >= 0.3 is 6.55 Å². The van der Waals surface area contributed by atoms with Crippen LogP contribution in [0.15, 0.2) is 17.4 Å². The Bertz CT molecular complexity index is 411. The van der Waals surface area contributed by atoms with Crippen molar-refractivity contribution in [2.45, 2.75) is 25.9 Å². The van der Waals surface area contributed by atoms with Gasteiger partial charge in [0.25, 0.3) is 0 Å². The summed E-state index contributed by atoms with van der Waals surface area (Å²) in [7, 11) is 1.65. The van der Waals surface area contributed by atoms with Crippen LogP contribution in [0, 0.1) is 5.92 Å². The lowest BCUT2D eigenvalue weighted by Gasteiger charge is -2.12. The van der Waals surface area contributed by atoms with Gasteiger partial charge in [-0.05, 0) is 18.8 Å². The maximum Gasteiger partial charge on any atom is 0.319 e. The zero-order chi connectivity index (χ0) is 13.0. The fourth-order valence-electron chi connectivity index (χ4n) is 1.60. The van der Waals surface area contributed by atoms with E-state index in [1.165, 1.54) is 25.2 Å². The number of imidazole rings is 1. The first-order valence-corrected chi connectivity index (χ1v) is 5.95. The molecule has 1 heterocycles. The van der Waals surface area contributed by atoms with Crippen LogP contribution in [0.4, 0.5) is 8.78 Å². The Kier molecular flexibility index (Phi) is 4.11. The third-order valence-electron chi connectivity index (χ3n) is 2.85. The van der Waals surface area contributed by atoms with Crippen LogP contribution in [0.5, 0.6) is 0 Å². The van der Waals surface area contributed by atoms with Crippen molar-refractivity contribution in [2.24, 2.45) is 10.9 Å². The molecule has 1 saturated carbocycles. The van der Waals surface area contributed by atoms with Gasteiger partial charge in [0.2, 0.25) is 0 Å². The molecule has 1 aliphatic rings. The predicted octanol–water partition coefficient (Wildman–Crippen LogP) is 1.35. The highest BCUT2D eigenvalue weighted by Gasteiger charge is 2.21. The highest BCUT2D eigenvalue weighted by molar-refractivity contribution is 5.79. The van der Waals surface area contributed by atoms with Gasteiger partial charge in [-0.15, -0.1) is 0 Å². The van der Waals surface area contributed by atoms with Gasteiger partial charge in [0.15, 0.2) is 5.96 Å². The van der Waals surface area contributed by atoms with Crippen LogP contribution in [0.3, 0.4) is 0 Å². The van der Waals surface area contributed by atoms with Crippen LogP contribution in [0.2, 0.25) is 0 Å². The number of alkyl halides is 2. The molecule has 0 atom stereocenters. The number of nitrogens with one attached hydrogen (secondary N) is 2. The number of rotatable bonds is 5. The highest BCUT2D eigenvalue weighted by Crippen LogP contribution is 2.27. The number of guanidine groups is 1. The van der Waals surface area contributed by atoms with Crippen LogP contribution < -0.4 is 10.6 Å². The Hall–Kier alpha value is -1.66. The number of aromatic nitrogens is 2. The average molecular weight is 257 g/mol. The lowest BCUT2D eigenvalue weighted by Crippen LogP contribution is -2.38. The van der Waals surface area contributed by atoms with Gasteiger partial charge in [-0.1, -0.05) is 0 Å². The molecule has 0 amide bonds. The maximum absolute atomic E-state index is 12.6. The van der Waals surface area contributed by atoms with E-state index >= 15 is 0 Å². The second kappa shape index (κ2) is 5.79. The van der Waals surface area contributed by atoms with Crippen molar-refractivity contribution in [3.05, 3.63) is 18.2 Å². The van der Waals surface area contributed by atoms with Crippen molar-refractivity contribution in [3.63, 3.8) is 0 Å². The quantitative estimate of drug-likeness (QED) is 0.618. The van der Waals surface area contributed by atoms with Crippen LogP contribution in [-0.4, -0.2) is 29.1 Å². The lowest BCUT2D eigenvalue weighted by molar-refractivity contribution is 0.0668. The Morgan fingerprint density at radius 3 is 2.94 bits per heavy atom. The molecule has 1 aromatic rings. The highest BCUT2D eigenvalue weighted by atomic mass is 19.3. The van der Waals surface area contributed by atoms with Crippen LogP contribution in [-0.2, 0) is 6.54 Å². The second-order valence-electron chi connectivity index (χ2n) is 4.28. The minimum Gasteiger partial charge on any atom is -0.356 e. The van der Waals surface area contributed by atoms with E-state index < -0.39 is 6.55 Å². The molecule has 1 fully saturated rings. The number of hydrogen-bond acceptors (Lipinski definition) is 2. The summed E-state index contributed by atoms with van der Waals surface area (Å²) in [5.74, 6) is 1.64. The standard InChI is InChI=1S/C11H17F2N5/c1-14-11(16-6-8-2-3-8)17-7-9-15-4-5-18(9)10(12)13/h4-5,8,10H,2-3,6-7H2,1H3,(H2,14,16,17). The van der Waals surface area contributed by atoms with Gasteiger partial charge in [0.1, 0.15) is 5.82 Å². The van der Waals surface area contributed by atoms with Crippen molar-refractivity contribution >= 4 is 5.96 Å². The molecular formula is C11H17F2N5. The molecule has 18 heavy (non-hydrogen) atoms. The predicted molar refractivity (Wildman–Crippen MR) is 64.4 cm³/mol. The van der Waals surface area contributed by atoms with E-state index in [0.717, 1.165) is 17.0 Å². The molecule has 1 aliphatic carbocycles. The average Bonchev–Trinajstić information content (AvgIpc) is 3.05. The van der Waals surface area contributed by atoms with Crippen LogP contribution in [0.25, 0.3) is 0 Å². The summed E-state index contributed by atoms with van der Waals surface area (Å²) in [5, 5.41) is 6.13. The molecule has 0 aromatic carbocycles. The second-order valence-corrected chi connectivity index (χ2v) is 4.28. The maximum atomic E-state index is 12.6. The molecule has 0 spiro atoms. The number of halogens is 2. The van der Waals surface area contributed by atoms with E-state index in [4.69, 9.17) is 0 Å². The van der Waals surface area contributed by atoms with Gasteiger partial charge in [0.05, 0.1) is 6.54 Å². The van der Waals surface area contributed by atoms with E-state index in [9.17, 15) is 8.78 Å². The largest absolute Gasteiger partial charge is 0.356 e. The van der Waals surface area contributed by atoms with Gasteiger partial charge in [-0.2, -0.15) is 8.78 Å². The minimum absolute atomic E-state index is 0.224. The fraction of sp³-hybridized carbons (Fsp3) is 0.636. The van der Waals surface area contributed by atoms with Gasteiger partial charge < -0.3 is 10.6 Å². The zero-order valence-electron chi connectivity index (χ0n) is 10.2. The monoisotopic (exact) mass is 257 g/mol. The molecule has 7 heteroatoms. The Balaban J connectivity index is 1.82. The Morgan fingerprint density at radius 1 is 1.56 bits per heavy atom. The summed E-state index contributed by atoms with van der Waals surface area (Å²) >= 11 is 0. The molecule has 1 aromatic heterocycles. The van der Waals surface area contributed by atoms with Gasteiger partial charge in [-0.3, -0.25) is 9.56 Å². The first kappa shape index (κ1) is 12.8. The minimum atomic E-state index is -2.56. The summed E-state index contributed by atoms with van der Waals surface area (Å²) in [6.45, 7) is -1.46. The number of nitrogens with zero attached hydrogens (tertiary/aromatic N) is 3. The molecule has 2 N–H and O–H groups in total. The van der Waals surface area contributed by atoms with E-state index in [1.807, 2.05) is 0 Å². The molecule has 0 unspecified atom stereocenters. The van der Waals surface area contributed by atoms with Crippen molar-refractivity contribution in [1.82, 2.24) is 20.2 Å². The summed E-state index contributed by atoms with van der Waals surface area (Å²) in [6.07, 6.45) is 5.13. The molecule has 100 valence electrons. The third-order valence-corrected chi connectivity index (χ3v) is 2.85. The zero-order valence-corrected chi connectivity index (χ0v) is 10.2. The molecule has 2 rings (SSSR count). The summed E-state index contributed by atoms with van der Waals surface area (Å²) in [4.78, 5) is 7.92. The van der Waals surface area contributed by atoms with Crippen LogP contribution in [0.1, 0.15) is 25.2 Å². The normalized spacial score (nSPS) is 16.1. The molecule has 0 radical (unpaired) electrons. The Labute approximate surface area is 104 Å². The lowest BCUT2D eigenvalue weighted by atomic mass is 10.4. The van der Waals surface area contributed by atoms with Crippen molar-refractivity contribution in [3.8, 4) is 0 Å². The third kappa shape index (κ3) is 3.41. The SMILES string of the molecule is CN=C(NCc1nccn1C(F)F)NCC1CC1. The molecule has 0 aliphatic heterocycles. The van der Waals surface area contributed by atoms with Crippen molar-refractivity contribution in [1.29, 1.82) is 0 Å². The van der Waals surface area contributed by atoms with Gasteiger partial charge in [-0.25, -0.2) is 4.98 Å². The molecule has 0 bridgehead atoms. The van der Waals surface area contributed by atoms with E-state index in [0.29, 0.717) is 11.8 Å². The van der Waals surface area contributed by atoms with E-state index in [-0.39, 0.29) is 6.54 Å². The molecule has 0 saturated heterocycles. The fourth-order valence-corrected chi connectivity index (χ4v) is 1.60. The molecule has 5 nitrogen and oxygen atoms in total. The summed E-state index contributed by atoms with van der Waals surface area (Å²) in [6, 6.07) is 0. The molecular weight excluding hydrogens is 240 g/mol. The smallest absolute Gasteiger partial charge is 0.319 e. The summed E-state index contributed by atoms with van der Waals surface area (Å²) in [5.41, 5.74) is 0. The Morgan fingerprint density at radius 2 is 2.33 bits per heavy atom. The van der Waals surface area contributed by atoms with E-state index in [1.54, 1.807) is 7.05 Å². The summed E-state index contributed by atoms with van der Waals surface area (Å²) < 4.78 is 26.0. The van der Waals surface area contributed by atoms with Crippen LogP contribution >= 0.6 is 0 Å².